The molecular weight excluding hydrogens is 247 g/mol. The molecule has 1 aromatic heterocycles. The molecule has 4 nitrogen and oxygen atoms in total. The van der Waals surface area contributed by atoms with Crippen molar-refractivity contribution < 1.29 is 14.3 Å². The van der Waals surface area contributed by atoms with Crippen LogP contribution in [-0.2, 0) is 6.54 Å². The zero-order valence-electron chi connectivity index (χ0n) is 10.4. The quantitative estimate of drug-likeness (QED) is 0.887. The summed E-state index contributed by atoms with van der Waals surface area (Å²) in [5, 5.41) is 11.8. The van der Waals surface area contributed by atoms with Crippen LogP contribution in [0.5, 0.6) is 0 Å². The van der Waals surface area contributed by atoms with Gasteiger partial charge in [0.25, 0.3) is 0 Å². The van der Waals surface area contributed by atoms with Gasteiger partial charge in [0.05, 0.1) is 11.3 Å². The van der Waals surface area contributed by atoms with Crippen LogP contribution in [0.1, 0.15) is 21.5 Å². The van der Waals surface area contributed by atoms with E-state index < -0.39 is 11.8 Å². The van der Waals surface area contributed by atoms with Gasteiger partial charge in [0.2, 0.25) is 0 Å². The smallest absolute Gasteiger partial charge is 0.337 e. The largest absolute Gasteiger partial charge is 0.478 e. The lowest BCUT2D eigenvalue weighted by Gasteiger charge is -2.11. The number of aryl methyl sites for hydroxylation is 1. The summed E-state index contributed by atoms with van der Waals surface area (Å²) in [6.45, 7) is 2.24. The first-order valence-electron chi connectivity index (χ1n) is 5.74. The number of pyridine rings is 1. The zero-order chi connectivity index (χ0) is 13.8. The van der Waals surface area contributed by atoms with E-state index in [4.69, 9.17) is 5.11 Å². The fourth-order valence-electron chi connectivity index (χ4n) is 1.75. The number of carboxylic acids is 1. The number of carboxylic acid groups (broad SMARTS) is 1. The van der Waals surface area contributed by atoms with Crippen LogP contribution in [0.3, 0.4) is 0 Å². The minimum atomic E-state index is -1.16. The summed E-state index contributed by atoms with van der Waals surface area (Å²) in [6.07, 6.45) is 3.34. The van der Waals surface area contributed by atoms with Gasteiger partial charge in [0.1, 0.15) is 5.82 Å². The Labute approximate surface area is 109 Å². The van der Waals surface area contributed by atoms with Crippen molar-refractivity contribution >= 4 is 11.7 Å². The Kier molecular flexibility index (Phi) is 3.75. The Bertz CT molecular complexity index is 614. The lowest BCUT2D eigenvalue weighted by molar-refractivity contribution is 0.0697. The van der Waals surface area contributed by atoms with Crippen LogP contribution in [0.15, 0.2) is 36.7 Å². The summed E-state index contributed by atoms with van der Waals surface area (Å²) < 4.78 is 13.7. The molecule has 2 rings (SSSR count). The Morgan fingerprint density at radius 1 is 1.42 bits per heavy atom. The number of nitrogens with one attached hydrogen (secondary N) is 1. The minimum absolute atomic E-state index is 0.00162. The molecule has 5 heteroatoms. The third kappa shape index (κ3) is 2.88. The van der Waals surface area contributed by atoms with Gasteiger partial charge in [-0.15, -0.1) is 0 Å². The first-order chi connectivity index (χ1) is 9.09. The number of nitrogens with zero attached hydrogens (tertiary/aromatic N) is 1. The van der Waals surface area contributed by atoms with Gasteiger partial charge >= 0.3 is 5.97 Å². The predicted octanol–water partition coefficient (Wildman–Crippen LogP) is 2.84. The van der Waals surface area contributed by atoms with Gasteiger partial charge in [-0.05, 0) is 36.2 Å². The van der Waals surface area contributed by atoms with Gasteiger partial charge in [0.15, 0.2) is 0 Å². The fourth-order valence-corrected chi connectivity index (χ4v) is 1.75. The summed E-state index contributed by atoms with van der Waals surface area (Å²) in [5.74, 6) is -1.74. The molecule has 98 valence electrons. The number of aromatic carboxylic acids is 1. The molecule has 0 aliphatic heterocycles. The van der Waals surface area contributed by atoms with Crippen LogP contribution < -0.4 is 5.32 Å². The number of aromatic nitrogens is 1. The molecule has 0 saturated carbocycles. The van der Waals surface area contributed by atoms with E-state index in [0.717, 1.165) is 11.1 Å². The Balaban J connectivity index is 2.25. The summed E-state index contributed by atoms with van der Waals surface area (Å²) in [6, 6.07) is 5.81. The van der Waals surface area contributed by atoms with Gasteiger partial charge in [0, 0.05) is 18.9 Å². The van der Waals surface area contributed by atoms with Gasteiger partial charge < -0.3 is 10.4 Å². The number of halogens is 1. The second-order valence-corrected chi connectivity index (χ2v) is 4.12. The van der Waals surface area contributed by atoms with Crippen molar-refractivity contribution in [3.63, 3.8) is 0 Å². The molecule has 0 fully saturated rings. The Morgan fingerprint density at radius 3 is 2.89 bits per heavy atom. The third-order valence-corrected chi connectivity index (χ3v) is 2.85. The summed E-state index contributed by atoms with van der Waals surface area (Å²) >= 11 is 0. The van der Waals surface area contributed by atoms with Crippen molar-refractivity contribution in [2.75, 3.05) is 5.32 Å². The first-order valence-corrected chi connectivity index (χ1v) is 5.74. The second kappa shape index (κ2) is 5.48. The SMILES string of the molecule is Cc1ccncc1CNc1c(F)cccc1C(=O)O. The van der Waals surface area contributed by atoms with E-state index in [1.807, 2.05) is 13.0 Å². The highest BCUT2D eigenvalue weighted by Crippen LogP contribution is 2.21. The normalized spacial score (nSPS) is 10.2. The molecule has 0 unspecified atom stereocenters. The fraction of sp³-hybridized carbons (Fsp3) is 0.143. The topological polar surface area (TPSA) is 62.2 Å². The molecule has 2 aromatic rings. The number of rotatable bonds is 4. The van der Waals surface area contributed by atoms with Crippen molar-refractivity contribution in [2.24, 2.45) is 0 Å². The molecule has 0 radical (unpaired) electrons. The monoisotopic (exact) mass is 260 g/mol. The summed E-state index contributed by atoms with van der Waals surface area (Å²) in [7, 11) is 0. The molecule has 0 aliphatic carbocycles. The maximum Gasteiger partial charge on any atom is 0.337 e. The lowest BCUT2D eigenvalue weighted by Crippen LogP contribution is -2.09. The highest BCUT2D eigenvalue weighted by atomic mass is 19.1. The zero-order valence-corrected chi connectivity index (χ0v) is 10.4. The highest BCUT2D eigenvalue weighted by Gasteiger charge is 2.13. The first kappa shape index (κ1) is 13.0. The van der Waals surface area contributed by atoms with Crippen molar-refractivity contribution in [2.45, 2.75) is 13.5 Å². The van der Waals surface area contributed by atoms with Gasteiger partial charge in [-0.2, -0.15) is 0 Å². The number of para-hydroxylation sites is 1. The van der Waals surface area contributed by atoms with Crippen LogP contribution >= 0.6 is 0 Å². The number of anilines is 1. The minimum Gasteiger partial charge on any atom is -0.478 e. The van der Waals surface area contributed by atoms with Crippen LogP contribution in [0.2, 0.25) is 0 Å². The maximum atomic E-state index is 13.7. The molecular formula is C14H13FN2O2. The van der Waals surface area contributed by atoms with Gasteiger partial charge in [-0.25, -0.2) is 9.18 Å². The molecule has 2 N–H and O–H groups in total. The van der Waals surface area contributed by atoms with Crippen molar-refractivity contribution in [3.8, 4) is 0 Å². The van der Waals surface area contributed by atoms with Crippen molar-refractivity contribution in [1.82, 2.24) is 4.98 Å². The molecule has 0 atom stereocenters. The molecule has 0 saturated heterocycles. The highest BCUT2D eigenvalue weighted by molar-refractivity contribution is 5.94. The van der Waals surface area contributed by atoms with Crippen LogP contribution in [0, 0.1) is 12.7 Å². The van der Waals surface area contributed by atoms with Crippen LogP contribution in [0.4, 0.5) is 10.1 Å². The summed E-state index contributed by atoms with van der Waals surface area (Å²) in [4.78, 5) is 15.0. The predicted molar refractivity (Wildman–Crippen MR) is 69.7 cm³/mol. The number of hydrogen-bond acceptors (Lipinski definition) is 3. The molecule has 0 amide bonds. The van der Waals surface area contributed by atoms with Crippen LogP contribution in [-0.4, -0.2) is 16.1 Å². The molecule has 1 aromatic carbocycles. The third-order valence-electron chi connectivity index (χ3n) is 2.85. The van der Waals surface area contributed by atoms with Gasteiger partial charge in [-0.1, -0.05) is 6.07 Å². The Morgan fingerprint density at radius 2 is 2.21 bits per heavy atom. The molecule has 19 heavy (non-hydrogen) atoms. The standard InChI is InChI=1S/C14H13FN2O2/c1-9-5-6-16-7-10(9)8-17-13-11(14(18)19)3-2-4-12(13)15/h2-7,17H,8H2,1H3,(H,18,19). The molecule has 0 spiro atoms. The summed E-state index contributed by atoms with van der Waals surface area (Å²) in [5.41, 5.74) is 1.82. The van der Waals surface area contributed by atoms with E-state index in [1.54, 1.807) is 12.4 Å². The average molecular weight is 260 g/mol. The van der Waals surface area contributed by atoms with Crippen LogP contribution in [0.25, 0.3) is 0 Å². The second-order valence-electron chi connectivity index (χ2n) is 4.12. The Hall–Kier alpha value is -2.43. The molecule has 0 bridgehead atoms. The van der Waals surface area contributed by atoms with E-state index in [-0.39, 0.29) is 11.3 Å². The van der Waals surface area contributed by atoms with E-state index in [0.29, 0.717) is 6.54 Å². The van der Waals surface area contributed by atoms with E-state index in [9.17, 15) is 9.18 Å². The maximum absolute atomic E-state index is 13.7. The number of carbonyl (C=O) groups is 1. The molecule has 0 aliphatic rings. The van der Waals surface area contributed by atoms with E-state index >= 15 is 0 Å². The average Bonchev–Trinajstić information content (AvgIpc) is 2.38. The van der Waals surface area contributed by atoms with Crippen molar-refractivity contribution in [3.05, 3.63) is 59.2 Å². The number of benzene rings is 1. The molecule has 1 heterocycles. The van der Waals surface area contributed by atoms with Gasteiger partial charge in [-0.3, -0.25) is 4.98 Å². The van der Waals surface area contributed by atoms with Crippen molar-refractivity contribution in [1.29, 1.82) is 0 Å². The lowest BCUT2D eigenvalue weighted by atomic mass is 10.1. The van der Waals surface area contributed by atoms with E-state index in [1.165, 1.54) is 18.2 Å². The van der Waals surface area contributed by atoms with E-state index in [2.05, 4.69) is 10.3 Å². The number of hydrogen-bond donors (Lipinski definition) is 2.